The van der Waals surface area contributed by atoms with Crippen molar-refractivity contribution in [2.45, 2.75) is 134 Å². The Morgan fingerprint density at radius 3 is 2.30 bits per heavy atom. The molecule has 5 heteroatoms. The molecule has 4 aliphatic heterocycles. The summed E-state index contributed by atoms with van der Waals surface area (Å²) in [5.41, 5.74) is 14.3. The molecule has 10 rings (SSSR count). The number of benzene rings is 2. The summed E-state index contributed by atoms with van der Waals surface area (Å²) in [5, 5.41) is 3.78. The summed E-state index contributed by atoms with van der Waals surface area (Å²) in [4.78, 5) is 7.12. The number of thioether (sulfide) groups is 1. The van der Waals surface area contributed by atoms with E-state index in [9.17, 15) is 0 Å². The first-order valence-corrected chi connectivity index (χ1v) is 25.2. The third-order valence-electron chi connectivity index (χ3n) is 16.2. The normalized spacial score (nSPS) is 29.5. The van der Waals surface area contributed by atoms with E-state index in [0.29, 0.717) is 5.16 Å². The van der Waals surface area contributed by atoms with Gasteiger partial charge in [-0.05, 0) is 156 Å². The Bertz CT molecular complexity index is 2500. The number of aryl methyl sites for hydroxylation is 1. The molecular formula is C55H63BN2PS+. The third kappa shape index (κ3) is 5.86. The van der Waals surface area contributed by atoms with Crippen LogP contribution in [0.3, 0.4) is 0 Å². The summed E-state index contributed by atoms with van der Waals surface area (Å²) >= 11 is 2.29. The van der Waals surface area contributed by atoms with E-state index in [1.54, 1.807) is 21.0 Å². The van der Waals surface area contributed by atoms with Gasteiger partial charge in [0.25, 0.3) is 0 Å². The molecule has 3 aliphatic carbocycles. The monoisotopic (exact) mass is 825 g/mol. The molecule has 0 N–H and O–H groups in total. The van der Waals surface area contributed by atoms with Crippen molar-refractivity contribution in [2.24, 2.45) is 5.41 Å². The van der Waals surface area contributed by atoms with E-state index in [1.165, 1.54) is 102 Å². The highest BCUT2D eigenvalue weighted by molar-refractivity contribution is 8.07. The third-order valence-corrected chi connectivity index (χ3v) is 21.8. The number of anilines is 3. The summed E-state index contributed by atoms with van der Waals surface area (Å²) in [5.74, 6) is 0. The molecule has 2 aromatic carbocycles. The van der Waals surface area contributed by atoms with Crippen LogP contribution < -0.4 is 20.5 Å². The molecule has 0 saturated heterocycles. The second-order valence-corrected chi connectivity index (χ2v) is 23.7. The van der Waals surface area contributed by atoms with E-state index in [1.807, 2.05) is 6.08 Å². The van der Waals surface area contributed by atoms with Crippen LogP contribution in [0.2, 0.25) is 0 Å². The highest BCUT2D eigenvalue weighted by Crippen LogP contribution is 2.76. The molecule has 306 valence electrons. The number of nitrogens with zero attached hydrogens (tertiary/aromatic N) is 2. The Morgan fingerprint density at radius 2 is 1.55 bits per heavy atom. The molecule has 7 aliphatic rings. The minimum Gasteiger partial charge on any atom is -0.314 e. The molecule has 5 unspecified atom stereocenters. The van der Waals surface area contributed by atoms with Gasteiger partial charge in [-0.1, -0.05) is 111 Å². The van der Waals surface area contributed by atoms with Crippen LogP contribution in [0.25, 0.3) is 0 Å². The molecular weight excluding hydrogens is 762 g/mol. The summed E-state index contributed by atoms with van der Waals surface area (Å²) in [7, 11) is -0.527. The van der Waals surface area contributed by atoms with Gasteiger partial charge in [-0.2, -0.15) is 0 Å². The van der Waals surface area contributed by atoms with Crippen LogP contribution in [-0.2, 0) is 17.0 Å². The Morgan fingerprint density at radius 1 is 0.833 bits per heavy atom. The van der Waals surface area contributed by atoms with Gasteiger partial charge in [0.15, 0.2) is 0 Å². The van der Waals surface area contributed by atoms with E-state index < -0.39 is 7.53 Å². The number of rotatable bonds is 9. The van der Waals surface area contributed by atoms with Crippen LogP contribution in [0, 0.1) is 12.3 Å². The average Bonchev–Trinajstić information content (AvgIpc) is 3.50. The zero-order valence-corrected chi connectivity index (χ0v) is 38.7. The second-order valence-electron chi connectivity index (χ2n) is 19.6. The molecule has 0 amide bonds. The van der Waals surface area contributed by atoms with Gasteiger partial charge in [-0.25, -0.2) is 0 Å². The predicted octanol–water partition coefficient (Wildman–Crippen LogP) is 14.5. The van der Waals surface area contributed by atoms with Crippen LogP contribution in [0.15, 0.2) is 149 Å². The van der Waals surface area contributed by atoms with Crippen LogP contribution in [-0.4, -0.2) is 11.5 Å². The molecule has 60 heavy (non-hydrogen) atoms. The minimum absolute atomic E-state index is 0.0603. The molecule has 0 radical (unpaired) electrons. The van der Waals surface area contributed by atoms with Gasteiger partial charge in [0.2, 0.25) is 0 Å². The van der Waals surface area contributed by atoms with E-state index in [0.717, 1.165) is 25.7 Å². The zero-order valence-electron chi connectivity index (χ0n) is 37.0. The summed E-state index contributed by atoms with van der Waals surface area (Å²) in [6.07, 6.45) is 37.9. The minimum atomic E-state index is -0.527. The number of hydrogen-bond donors (Lipinski definition) is 0. The fourth-order valence-electron chi connectivity index (χ4n) is 12.6. The van der Waals surface area contributed by atoms with E-state index in [4.69, 9.17) is 0 Å². The van der Waals surface area contributed by atoms with Gasteiger partial charge < -0.3 is 9.80 Å². The van der Waals surface area contributed by atoms with Crippen molar-refractivity contribution in [3.8, 4) is 0 Å². The largest absolute Gasteiger partial charge is 0.314 e. The molecule has 5 heterocycles. The van der Waals surface area contributed by atoms with Crippen LogP contribution in [0.4, 0.5) is 17.1 Å². The Kier molecular flexibility index (Phi) is 10.1. The molecule has 0 bridgehead atoms. The van der Waals surface area contributed by atoms with Crippen LogP contribution in [0.1, 0.15) is 122 Å². The fraction of sp³-hybridized carbons (Fsp3) is 0.400. The van der Waals surface area contributed by atoms with E-state index >= 15 is 0 Å². The molecule has 2 saturated carbocycles. The molecule has 1 aromatic heterocycles. The van der Waals surface area contributed by atoms with Crippen molar-refractivity contribution >= 4 is 53.7 Å². The van der Waals surface area contributed by atoms with Crippen molar-refractivity contribution in [1.29, 1.82) is 0 Å². The first-order chi connectivity index (χ1) is 29.1. The molecule has 3 aromatic rings. The van der Waals surface area contributed by atoms with Gasteiger partial charge in [0.1, 0.15) is 23.2 Å². The lowest BCUT2D eigenvalue weighted by molar-refractivity contribution is 0.200. The SMILES string of the molecule is C=C/C=C(\C=C/Cc1ccccc1)N1c2cc(C)cc3c2B(C2=C(N3C(/C=C\CC3=CC=CCC3)=C/C)C3(C)CCCCC3(C)S2)c2c1ccc1[p+]2C2(C)CCCCC12C. The first kappa shape index (κ1) is 40.1. The maximum absolute atomic E-state index is 4.31. The van der Waals surface area contributed by atoms with E-state index in [-0.39, 0.29) is 22.3 Å². The van der Waals surface area contributed by atoms with Crippen molar-refractivity contribution < 1.29 is 0 Å². The second kappa shape index (κ2) is 15.1. The zero-order chi connectivity index (χ0) is 41.4. The number of hydrogen-bond acceptors (Lipinski definition) is 3. The molecule has 5 atom stereocenters. The fourth-order valence-corrected chi connectivity index (χ4v) is 18.9. The Balaban J connectivity index is 1.24. The first-order valence-electron chi connectivity index (χ1n) is 23.1. The topological polar surface area (TPSA) is 6.48 Å². The maximum Gasteiger partial charge on any atom is 0.313 e. The van der Waals surface area contributed by atoms with Crippen molar-refractivity contribution in [2.75, 3.05) is 9.80 Å². The Hall–Kier alpha value is -3.98. The molecule has 2 nitrogen and oxygen atoms in total. The maximum atomic E-state index is 4.31. The standard InChI is InChI=1S/C55H63BN2PS/c1-8-22-43(30-21-28-41-25-14-11-15-26-41)57-44-31-32-47-52(4)33-16-18-35-54(52,6)59(47)50(44)56-48-45(57)37-39(3)38-46(48)58(42(9-2)29-20-27-40-23-12-10-13-24-40)49-51(56)60-55(7)36-19-17-34-53(49,55)5/h8-12,14-15,20-23,25-26,29-32,37-38H,1,13,16-19,24,27-28,33-36H2,2-7H3/q+1/b29-20-,30-21-,42-9+,43-22+. The van der Waals surface area contributed by atoms with Gasteiger partial charge >= 0.3 is 6.71 Å². The van der Waals surface area contributed by atoms with Crippen molar-refractivity contribution in [1.82, 2.24) is 0 Å². The quantitative estimate of drug-likeness (QED) is 0.157. The van der Waals surface area contributed by atoms with E-state index in [2.05, 4.69) is 179 Å². The number of allylic oxidation sites excluding steroid dienone is 12. The lowest BCUT2D eigenvalue weighted by Crippen LogP contribution is -2.60. The summed E-state index contributed by atoms with van der Waals surface area (Å²) in [6.45, 7) is 19.8. The number of fused-ring (bicyclic) bond motifs is 10. The van der Waals surface area contributed by atoms with Crippen LogP contribution in [0.5, 0.6) is 0 Å². The van der Waals surface area contributed by atoms with Gasteiger partial charge in [0, 0.05) is 38.6 Å². The lowest BCUT2D eigenvalue weighted by atomic mass is 9.39. The van der Waals surface area contributed by atoms with Crippen LogP contribution >= 0.6 is 19.3 Å². The lowest BCUT2D eigenvalue weighted by Gasteiger charge is -2.54. The highest BCUT2D eigenvalue weighted by atomic mass is 32.2. The predicted molar refractivity (Wildman–Crippen MR) is 265 cm³/mol. The Labute approximate surface area is 366 Å². The summed E-state index contributed by atoms with van der Waals surface area (Å²) < 4.78 is 0.145. The van der Waals surface area contributed by atoms with Gasteiger partial charge in [-0.15, -0.1) is 11.8 Å². The smallest absolute Gasteiger partial charge is 0.313 e. The highest BCUT2D eigenvalue weighted by Gasteiger charge is 2.72. The molecule has 2 fully saturated rings. The molecule has 0 spiro atoms. The van der Waals surface area contributed by atoms with Gasteiger partial charge in [0.05, 0.1) is 11.1 Å². The van der Waals surface area contributed by atoms with Crippen molar-refractivity contribution in [3.63, 3.8) is 0 Å². The average molecular weight is 826 g/mol. The van der Waals surface area contributed by atoms with Crippen molar-refractivity contribution in [3.05, 3.63) is 166 Å². The summed E-state index contributed by atoms with van der Waals surface area (Å²) in [6, 6.07) is 21.1. The van der Waals surface area contributed by atoms with Gasteiger partial charge in [-0.3, -0.25) is 0 Å².